The Morgan fingerprint density at radius 3 is 2.65 bits per heavy atom. The van der Waals surface area contributed by atoms with Gasteiger partial charge in [-0.2, -0.15) is 4.98 Å². The molecule has 1 aliphatic rings. The fourth-order valence-electron chi connectivity index (χ4n) is 3.41. The summed E-state index contributed by atoms with van der Waals surface area (Å²) in [7, 11) is 0. The van der Waals surface area contributed by atoms with Crippen LogP contribution in [0.2, 0.25) is 0 Å². The zero-order valence-corrected chi connectivity index (χ0v) is 15.2. The van der Waals surface area contributed by atoms with Gasteiger partial charge in [0.2, 0.25) is 11.7 Å². The highest BCUT2D eigenvalue weighted by Crippen LogP contribution is 2.23. The van der Waals surface area contributed by atoms with Crippen molar-refractivity contribution in [3.63, 3.8) is 0 Å². The molecule has 3 aromatic rings. The zero-order valence-electron chi connectivity index (χ0n) is 15.2. The van der Waals surface area contributed by atoms with Gasteiger partial charge in [0.15, 0.2) is 0 Å². The Labute approximate surface area is 153 Å². The summed E-state index contributed by atoms with van der Waals surface area (Å²) in [6.45, 7) is 5.99. The summed E-state index contributed by atoms with van der Waals surface area (Å²) >= 11 is 0. The molecule has 1 saturated heterocycles. The maximum Gasteiger partial charge on any atom is 0.241 e. The average Bonchev–Trinajstić information content (AvgIpc) is 3.12. The fraction of sp³-hybridized carbons (Fsp3) is 0.400. The summed E-state index contributed by atoms with van der Waals surface area (Å²) in [6, 6.07) is 10.6. The van der Waals surface area contributed by atoms with E-state index in [1.165, 1.54) is 19.3 Å². The molecular weight excluding hydrogens is 326 g/mol. The van der Waals surface area contributed by atoms with Crippen LogP contribution in [0.15, 0.2) is 41.1 Å². The Balaban J connectivity index is 1.49. The highest BCUT2D eigenvalue weighted by molar-refractivity contribution is 5.64. The predicted molar refractivity (Wildman–Crippen MR) is 99.2 cm³/mol. The molecule has 1 atom stereocenters. The van der Waals surface area contributed by atoms with Gasteiger partial charge in [0, 0.05) is 23.4 Å². The third-order valence-electron chi connectivity index (χ3n) is 4.96. The Morgan fingerprint density at radius 1 is 1.08 bits per heavy atom. The van der Waals surface area contributed by atoms with Gasteiger partial charge in [-0.15, -0.1) is 0 Å². The van der Waals surface area contributed by atoms with Gasteiger partial charge in [0.1, 0.15) is 5.82 Å². The molecule has 0 radical (unpaired) electrons. The van der Waals surface area contributed by atoms with Crippen molar-refractivity contribution >= 4 is 0 Å². The molecule has 26 heavy (non-hydrogen) atoms. The summed E-state index contributed by atoms with van der Waals surface area (Å²) < 4.78 is 5.48. The van der Waals surface area contributed by atoms with Gasteiger partial charge >= 0.3 is 0 Å². The smallest absolute Gasteiger partial charge is 0.241 e. The van der Waals surface area contributed by atoms with Crippen molar-refractivity contribution in [1.82, 2.24) is 25.0 Å². The lowest BCUT2D eigenvalue weighted by molar-refractivity contribution is 0.135. The topological polar surface area (TPSA) is 67.9 Å². The molecule has 4 rings (SSSR count). The molecule has 1 fully saturated rings. The maximum atomic E-state index is 5.48. The summed E-state index contributed by atoms with van der Waals surface area (Å²) in [5.74, 6) is 2.08. The van der Waals surface area contributed by atoms with Gasteiger partial charge in [-0.1, -0.05) is 35.8 Å². The lowest BCUT2D eigenvalue weighted by atomic mass is 10.0. The number of aromatic nitrogens is 4. The minimum absolute atomic E-state index is 0.578. The number of benzene rings is 1. The van der Waals surface area contributed by atoms with Crippen molar-refractivity contribution < 1.29 is 4.52 Å². The molecule has 2 aromatic heterocycles. The Hall–Kier alpha value is -2.60. The summed E-state index contributed by atoms with van der Waals surface area (Å²) in [5, 5.41) is 4.16. The first-order valence-electron chi connectivity index (χ1n) is 9.16. The standard InChI is InChI=1S/C20H23N5O/c1-14-5-3-4-12-25(14)13-19-23-20(24-26-19)17-8-6-16(7-9-17)18-10-11-21-15(2)22-18/h6-11,14H,3-5,12-13H2,1-2H3. The summed E-state index contributed by atoms with van der Waals surface area (Å²) in [5.41, 5.74) is 2.91. The predicted octanol–water partition coefficient (Wildman–Crippen LogP) is 3.88. The number of nitrogens with zero attached hydrogens (tertiary/aromatic N) is 5. The molecule has 3 heterocycles. The monoisotopic (exact) mass is 349 g/mol. The van der Waals surface area contributed by atoms with Crippen LogP contribution in [0.5, 0.6) is 0 Å². The van der Waals surface area contributed by atoms with Crippen LogP contribution in [0.4, 0.5) is 0 Å². The average molecular weight is 349 g/mol. The van der Waals surface area contributed by atoms with Crippen LogP contribution < -0.4 is 0 Å². The quantitative estimate of drug-likeness (QED) is 0.712. The van der Waals surface area contributed by atoms with Gasteiger partial charge in [-0.3, -0.25) is 4.90 Å². The molecule has 134 valence electrons. The zero-order chi connectivity index (χ0) is 17.9. The second kappa shape index (κ2) is 7.33. The van der Waals surface area contributed by atoms with Crippen LogP contribution in [-0.2, 0) is 6.54 Å². The molecule has 1 aromatic carbocycles. The molecule has 1 unspecified atom stereocenters. The Bertz CT molecular complexity index is 874. The lowest BCUT2D eigenvalue weighted by Gasteiger charge is -2.31. The van der Waals surface area contributed by atoms with Gasteiger partial charge in [-0.05, 0) is 39.3 Å². The van der Waals surface area contributed by atoms with E-state index in [-0.39, 0.29) is 0 Å². The maximum absolute atomic E-state index is 5.48. The van der Waals surface area contributed by atoms with Gasteiger partial charge in [-0.25, -0.2) is 9.97 Å². The minimum Gasteiger partial charge on any atom is -0.338 e. The Morgan fingerprint density at radius 2 is 1.88 bits per heavy atom. The van der Waals surface area contributed by atoms with E-state index in [2.05, 4.69) is 31.9 Å². The van der Waals surface area contributed by atoms with Crippen molar-refractivity contribution in [2.24, 2.45) is 0 Å². The SMILES string of the molecule is Cc1nccc(-c2ccc(-c3noc(CN4CCCCC4C)n3)cc2)n1. The third-order valence-corrected chi connectivity index (χ3v) is 4.96. The molecule has 0 N–H and O–H groups in total. The van der Waals surface area contributed by atoms with Crippen LogP contribution >= 0.6 is 0 Å². The first-order valence-corrected chi connectivity index (χ1v) is 9.16. The number of aryl methyl sites for hydroxylation is 1. The minimum atomic E-state index is 0.578. The number of hydrogen-bond acceptors (Lipinski definition) is 6. The van der Waals surface area contributed by atoms with E-state index >= 15 is 0 Å². The van der Waals surface area contributed by atoms with Crippen molar-refractivity contribution in [2.45, 2.75) is 45.7 Å². The number of hydrogen-bond donors (Lipinski definition) is 0. The van der Waals surface area contributed by atoms with Crippen LogP contribution in [0, 0.1) is 6.92 Å². The van der Waals surface area contributed by atoms with E-state index in [4.69, 9.17) is 4.52 Å². The molecule has 6 nitrogen and oxygen atoms in total. The van der Waals surface area contributed by atoms with E-state index in [0.717, 1.165) is 35.7 Å². The largest absolute Gasteiger partial charge is 0.338 e. The van der Waals surface area contributed by atoms with E-state index < -0.39 is 0 Å². The molecule has 0 amide bonds. The number of piperidine rings is 1. The van der Waals surface area contributed by atoms with E-state index in [0.29, 0.717) is 17.8 Å². The molecule has 0 saturated carbocycles. The van der Waals surface area contributed by atoms with Crippen molar-refractivity contribution in [3.8, 4) is 22.6 Å². The van der Waals surface area contributed by atoms with Crippen LogP contribution in [-0.4, -0.2) is 37.6 Å². The first-order chi connectivity index (χ1) is 12.7. The second-order valence-electron chi connectivity index (χ2n) is 6.89. The van der Waals surface area contributed by atoms with Crippen molar-refractivity contribution in [3.05, 3.63) is 48.2 Å². The van der Waals surface area contributed by atoms with Crippen LogP contribution in [0.1, 0.15) is 37.9 Å². The lowest BCUT2D eigenvalue weighted by Crippen LogP contribution is -2.36. The van der Waals surface area contributed by atoms with Crippen LogP contribution in [0.25, 0.3) is 22.6 Å². The third kappa shape index (κ3) is 3.65. The molecule has 0 bridgehead atoms. The van der Waals surface area contributed by atoms with E-state index in [1.807, 2.05) is 37.3 Å². The number of rotatable bonds is 4. The fourth-order valence-corrected chi connectivity index (χ4v) is 3.41. The molecule has 0 spiro atoms. The Kier molecular flexibility index (Phi) is 4.75. The highest BCUT2D eigenvalue weighted by atomic mass is 16.5. The van der Waals surface area contributed by atoms with Gasteiger partial charge in [0.05, 0.1) is 12.2 Å². The van der Waals surface area contributed by atoms with E-state index in [1.54, 1.807) is 6.20 Å². The summed E-state index contributed by atoms with van der Waals surface area (Å²) in [6.07, 6.45) is 5.57. The van der Waals surface area contributed by atoms with Crippen molar-refractivity contribution in [1.29, 1.82) is 0 Å². The van der Waals surface area contributed by atoms with Gasteiger partial charge < -0.3 is 4.52 Å². The first kappa shape index (κ1) is 16.8. The van der Waals surface area contributed by atoms with Gasteiger partial charge in [0.25, 0.3) is 0 Å². The van der Waals surface area contributed by atoms with Crippen molar-refractivity contribution in [2.75, 3.05) is 6.54 Å². The molecule has 1 aliphatic heterocycles. The number of likely N-dealkylation sites (tertiary alicyclic amines) is 1. The second-order valence-corrected chi connectivity index (χ2v) is 6.89. The summed E-state index contributed by atoms with van der Waals surface area (Å²) in [4.78, 5) is 15.6. The normalized spacial score (nSPS) is 18.2. The highest BCUT2D eigenvalue weighted by Gasteiger charge is 2.21. The van der Waals surface area contributed by atoms with Crippen LogP contribution in [0.3, 0.4) is 0 Å². The molecular formula is C20H23N5O. The molecule has 6 heteroatoms. The van der Waals surface area contributed by atoms with E-state index in [9.17, 15) is 0 Å². The molecule has 0 aliphatic carbocycles.